The van der Waals surface area contributed by atoms with Crippen LogP contribution >= 0.6 is 0 Å². The first-order valence-electron chi connectivity index (χ1n) is 9.57. The summed E-state index contributed by atoms with van der Waals surface area (Å²) in [5.74, 6) is -0.557. The van der Waals surface area contributed by atoms with Crippen molar-refractivity contribution >= 4 is 39.6 Å². The minimum atomic E-state index is -1.35. The Balaban J connectivity index is 1.57. The first-order valence-corrected chi connectivity index (χ1v) is 9.57. The molecular formula is C24H15N4O3-. The smallest absolute Gasteiger partial charge is 0.149 e. The molecule has 0 spiro atoms. The number of nitrogens with zero attached hydrogens (tertiary/aromatic N) is 3. The number of allylic oxidation sites excluding steroid dienone is 1. The first kappa shape index (κ1) is 18.5. The number of aromatic carboxylic acids is 1. The molecule has 150 valence electrons. The molecule has 0 unspecified atom stereocenters. The van der Waals surface area contributed by atoms with E-state index in [1.807, 2.05) is 59.3 Å². The molecule has 0 saturated heterocycles. The van der Waals surface area contributed by atoms with Crippen LogP contribution in [-0.2, 0) is 6.54 Å². The summed E-state index contributed by atoms with van der Waals surface area (Å²) in [6.07, 6.45) is 3.71. The van der Waals surface area contributed by atoms with Crippen LogP contribution in [0.5, 0.6) is 0 Å². The van der Waals surface area contributed by atoms with Crippen LogP contribution in [0.4, 0.5) is 0 Å². The highest BCUT2D eigenvalue weighted by Crippen LogP contribution is 2.27. The van der Waals surface area contributed by atoms with Gasteiger partial charge in [-0.15, -0.1) is 0 Å². The highest BCUT2D eigenvalue weighted by Gasteiger charge is 2.13. The van der Waals surface area contributed by atoms with Gasteiger partial charge in [-0.05, 0) is 36.4 Å². The van der Waals surface area contributed by atoms with Gasteiger partial charge in [0.05, 0.1) is 23.2 Å². The zero-order valence-corrected chi connectivity index (χ0v) is 16.2. The molecule has 0 fully saturated rings. The van der Waals surface area contributed by atoms with Crippen molar-refractivity contribution in [2.75, 3.05) is 0 Å². The average Bonchev–Trinajstić information content (AvgIpc) is 3.50. The molecular weight excluding hydrogens is 392 g/mol. The molecule has 0 saturated carbocycles. The lowest BCUT2D eigenvalue weighted by molar-refractivity contribution is -0.257. The summed E-state index contributed by atoms with van der Waals surface area (Å²) in [5, 5.41) is 21.7. The molecule has 0 bridgehead atoms. The zero-order chi connectivity index (χ0) is 21.4. The number of imidazole rings is 1. The minimum Gasteiger partial charge on any atom is -0.542 e. The summed E-state index contributed by atoms with van der Waals surface area (Å²) in [6, 6.07) is 20.6. The maximum atomic E-state index is 11.0. The Morgan fingerprint density at radius 3 is 2.74 bits per heavy atom. The van der Waals surface area contributed by atoms with E-state index in [2.05, 4.69) is 16.0 Å². The van der Waals surface area contributed by atoms with Crippen LogP contribution in [-0.4, -0.2) is 20.5 Å². The van der Waals surface area contributed by atoms with E-state index in [1.54, 1.807) is 12.1 Å². The Morgan fingerprint density at radius 2 is 1.97 bits per heavy atom. The van der Waals surface area contributed by atoms with Gasteiger partial charge in [0.15, 0.2) is 0 Å². The lowest BCUT2D eigenvalue weighted by atomic mass is 10.1. The van der Waals surface area contributed by atoms with Crippen LogP contribution in [0.15, 0.2) is 71.3 Å². The number of furan rings is 1. The van der Waals surface area contributed by atoms with Gasteiger partial charge in [-0.25, -0.2) is 4.98 Å². The molecule has 31 heavy (non-hydrogen) atoms. The maximum Gasteiger partial charge on any atom is 0.149 e. The average molecular weight is 407 g/mol. The molecule has 7 nitrogen and oxygen atoms in total. The number of carboxylic acids is 1. The van der Waals surface area contributed by atoms with Crippen molar-refractivity contribution in [3.8, 4) is 6.07 Å². The summed E-state index contributed by atoms with van der Waals surface area (Å²) >= 11 is 0. The highest BCUT2D eigenvalue weighted by molar-refractivity contribution is 5.98. The summed E-state index contributed by atoms with van der Waals surface area (Å²) in [6.45, 7) is 0.341. The third-order valence-electron chi connectivity index (χ3n) is 5.07. The third-order valence-corrected chi connectivity index (χ3v) is 5.07. The number of carbonyl (C=O) groups excluding carboxylic acids is 1. The second-order valence-electron chi connectivity index (χ2n) is 7.06. The van der Waals surface area contributed by atoms with Crippen LogP contribution in [0, 0.1) is 11.3 Å². The van der Waals surface area contributed by atoms with Crippen molar-refractivity contribution in [1.82, 2.24) is 14.5 Å². The van der Waals surface area contributed by atoms with E-state index in [0.717, 1.165) is 27.5 Å². The molecule has 3 heterocycles. The molecule has 2 aromatic carbocycles. The van der Waals surface area contributed by atoms with Crippen LogP contribution in [0.3, 0.4) is 0 Å². The quantitative estimate of drug-likeness (QED) is 0.448. The second-order valence-corrected chi connectivity index (χ2v) is 7.06. The Hall–Kier alpha value is -4.57. The number of nitrogens with one attached hydrogen (secondary N) is 1. The number of carboxylic acid groups (broad SMARTS) is 1. The number of aromatic nitrogens is 3. The van der Waals surface area contributed by atoms with Gasteiger partial charge in [0.25, 0.3) is 0 Å². The number of para-hydroxylation sites is 3. The number of hydrogen-bond acceptors (Lipinski definition) is 5. The number of H-pyrrole nitrogens is 1. The van der Waals surface area contributed by atoms with Crippen molar-refractivity contribution in [2.24, 2.45) is 0 Å². The summed E-state index contributed by atoms with van der Waals surface area (Å²) in [7, 11) is 0. The van der Waals surface area contributed by atoms with Gasteiger partial charge < -0.3 is 23.9 Å². The van der Waals surface area contributed by atoms with Crippen LogP contribution in [0.25, 0.3) is 33.6 Å². The number of fused-ring (bicyclic) bond motifs is 2. The van der Waals surface area contributed by atoms with Gasteiger partial charge in [0, 0.05) is 22.7 Å². The number of rotatable bonds is 5. The largest absolute Gasteiger partial charge is 0.542 e. The molecule has 1 N–H and O–H groups in total. The van der Waals surface area contributed by atoms with Crippen molar-refractivity contribution < 1.29 is 14.3 Å². The van der Waals surface area contributed by atoms with E-state index in [9.17, 15) is 15.2 Å². The van der Waals surface area contributed by atoms with Gasteiger partial charge in [-0.3, -0.25) is 0 Å². The fraction of sp³-hybridized carbons (Fsp3) is 0.0417. The molecule has 5 aromatic rings. The van der Waals surface area contributed by atoms with Crippen molar-refractivity contribution in [2.45, 2.75) is 6.54 Å². The number of benzene rings is 2. The number of aromatic amines is 1. The lowest BCUT2D eigenvalue weighted by Gasteiger charge is -2.03. The van der Waals surface area contributed by atoms with Crippen molar-refractivity contribution in [1.29, 1.82) is 5.26 Å². The molecule has 0 aliphatic rings. The van der Waals surface area contributed by atoms with Crippen LogP contribution < -0.4 is 5.11 Å². The van der Waals surface area contributed by atoms with Gasteiger partial charge in [0.2, 0.25) is 0 Å². The Kier molecular flexibility index (Phi) is 4.38. The van der Waals surface area contributed by atoms with Crippen molar-refractivity contribution in [3.63, 3.8) is 0 Å². The normalized spacial score (nSPS) is 11.8. The topological polar surface area (TPSA) is 111 Å². The third kappa shape index (κ3) is 3.36. The van der Waals surface area contributed by atoms with E-state index in [0.29, 0.717) is 23.7 Å². The molecule has 0 radical (unpaired) electrons. The van der Waals surface area contributed by atoms with Gasteiger partial charge in [-0.1, -0.05) is 30.3 Å². The maximum absolute atomic E-state index is 11.0. The number of hydrogen-bond donors (Lipinski definition) is 1. The summed E-state index contributed by atoms with van der Waals surface area (Å²) in [5.41, 5.74) is 3.85. The van der Waals surface area contributed by atoms with E-state index >= 15 is 0 Å². The van der Waals surface area contributed by atoms with Gasteiger partial charge in [0.1, 0.15) is 29.4 Å². The predicted molar refractivity (Wildman–Crippen MR) is 114 cm³/mol. The SMILES string of the molecule is N#C/C(=C/c1cn(Cc2ccc(C(=O)[O-])o2)c2ccccc12)c1nc2ccccc2[nH]1. The zero-order valence-electron chi connectivity index (χ0n) is 16.2. The summed E-state index contributed by atoms with van der Waals surface area (Å²) in [4.78, 5) is 18.7. The first-order chi connectivity index (χ1) is 15.1. The van der Waals surface area contributed by atoms with E-state index in [4.69, 9.17) is 4.42 Å². The second kappa shape index (κ2) is 7.35. The Bertz CT molecular complexity index is 1480. The molecule has 0 aliphatic carbocycles. The molecule has 0 amide bonds. The van der Waals surface area contributed by atoms with E-state index < -0.39 is 5.97 Å². The fourth-order valence-corrected chi connectivity index (χ4v) is 3.65. The van der Waals surface area contributed by atoms with Gasteiger partial charge in [-0.2, -0.15) is 5.26 Å². The molecule has 0 aliphatic heterocycles. The molecule has 5 rings (SSSR count). The Morgan fingerprint density at radius 1 is 1.16 bits per heavy atom. The monoisotopic (exact) mass is 407 g/mol. The number of nitriles is 1. The highest BCUT2D eigenvalue weighted by atomic mass is 16.4. The minimum absolute atomic E-state index is 0.205. The Labute approximate surface area is 176 Å². The molecule has 7 heteroatoms. The van der Waals surface area contributed by atoms with Crippen molar-refractivity contribution in [3.05, 3.63) is 89.8 Å². The molecule has 0 atom stereocenters. The van der Waals surface area contributed by atoms with E-state index in [1.165, 1.54) is 6.07 Å². The molecule has 3 aromatic heterocycles. The fourth-order valence-electron chi connectivity index (χ4n) is 3.65. The van der Waals surface area contributed by atoms with E-state index in [-0.39, 0.29) is 5.76 Å². The number of carbonyl (C=O) groups is 1. The summed E-state index contributed by atoms with van der Waals surface area (Å²) < 4.78 is 7.30. The van der Waals surface area contributed by atoms with Crippen LogP contribution in [0.1, 0.15) is 27.7 Å². The lowest BCUT2D eigenvalue weighted by Crippen LogP contribution is -2.21. The van der Waals surface area contributed by atoms with Crippen LogP contribution in [0.2, 0.25) is 0 Å². The predicted octanol–water partition coefficient (Wildman–Crippen LogP) is 3.59. The standard InChI is InChI=1S/C24H16N4O3/c25-12-15(23-26-19-6-2-3-7-20(19)27-23)11-16-13-28(21-8-4-1-5-18(16)21)14-17-9-10-22(31-17)24(29)30/h1-11,13H,14H2,(H,26,27)(H,29,30)/p-1/b15-11-. The van der Waals surface area contributed by atoms with Gasteiger partial charge >= 0.3 is 0 Å².